The maximum atomic E-state index is 9.55. The van der Waals surface area contributed by atoms with Crippen molar-refractivity contribution in [2.45, 2.75) is 32.2 Å². The third kappa shape index (κ3) is 7.35. The van der Waals surface area contributed by atoms with Crippen molar-refractivity contribution in [3.8, 4) is 0 Å². The summed E-state index contributed by atoms with van der Waals surface area (Å²) in [4.78, 5) is 21.7. The van der Waals surface area contributed by atoms with Gasteiger partial charge >= 0.3 is 11.9 Å². The first-order chi connectivity index (χ1) is 15.5. The van der Waals surface area contributed by atoms with Crippen molar-refractivity contribution in [2.24, 2.45) is 5.92 Å². The molecule has 32 heavy (non-hydrogen) atoms. The predicted octanol–water partition coefficient (Wildman–Crippen LogP) is 4.38. The van der Waals surface area contributed by atoms with Crippen LogP contribution in [0.1, 0.15) is 30.5 Å². The smallest absolute Gasteiger partial charge is 0.328 e. The molecule has 1 fully saturated rings. The summed E-state index contributed by atoms with van der Waals surface area (Å²) in [6.45, 7) is 3.50. The van der Waals surface area contributed by atoms with E-state index in [1.54, 1.807) is 0 Å². The Balaban J connectivity index is 0.000000312. The molecule has 3 aromatic rings. The zero-order chi connectivity index (χ0) is 22.8. The maximum absolute atomic E-state index is 9.55. The molecule has 0 radical (unpaired) electrons. The summed E-state index contributed by atoms with van der Waals surface area (Å²) < 4.78 is 5.41. The number of carbonyl (C=O) groups is 2. The van der Waals surface area contributed by atoms with Crippen LogP contribution in [-0.4, -0.2) is 45.3 Å². The van der Waals surface area contributed by atoms with E-state index in [9.17, 15) is 9.59 Å². The Morgan fingerprint density at radius 1 is 0.969 bits per heavy atom. The van der Waals surface area contributed by atoms with Gasteiger partial charge in [0.2, 0.25) is 0 Å². The van der Waals surface area contributed by atoms with Crippen molar-refractivity contribution in [2.75, 3.05) is 13.1 Å². The number of carboxylic acids is 2. The van der Waals surface area contributed by atoms with E-state index < -0.39 is 11.9 Å². The van der Waals surface area contributed by atoms with Crippen LogP contribution in [0.2, 0.25) is 0 Å². The molecule has 168 valence electrons. The topological polar surface area (TPSA) is 104 Å². The largest absolute Gasteiger partial charge is 0.478 e. The summed E-state index contributed by atoms with van der Waals surface area (Å²) in [7, 11) is 0. The summed E-state index contributed by atoms with van der Waals surface area (Å²) in [5.74, 6) is -1.70. The highest BCUT2D eigenvalue weighted by molar-refractivity contribution is 5.89. The van der Waals surface area contributed by atoms with Gasteiger partial charge in [0.1, 0.15) is 0 Å². The summed E-state index contributed by atoms with van der Waals surface area (Å²) in [6, 6.07) is 19.0. The quantitative estimate of drug-likeness (QED) is 0.530. The van der Waals surface area contributed by atoms with Crippen LogP contribution in [0.5, 0.6) is 0 Å². The van der Waals surface area contributed by atoms with Crippen molar-refractivity contribution in [1.82, 2.24) is 10.1 Å². The van der Waals surface area contributed by atoms with Crippen LogP contribution >= 0.6 is 0 Å². The number of carboxylic acid groups (broad SMARTS) is 2. The number of benzene rings is 2. The van der Waals surface area contributed by atoms with Crippen LogP contribution in [-0.2, 0) is 22.6 Å². The molecule has 2 N–H and O–H groups in total. The van der Waals surface area contributed by atoms with Gasteiger partial charge in [-0.2, -0.15) is 0 Å². The molecule has 0 bridgehead atoms. The number of fused-ring (bicyclic) bond motifs is 1. The number of aliphatic carboxylic acids is 2. The third-order valence-electron chi connectivity index (χ3n) is 5.57. The number of rotatable bonds is 7. The third-order valence-corrected chi connectivity index (χ3v) is 5.57. The van der Waals surface area contributed by atoms with Crippen LogP contribution in [0.4, 0.5) is 0 Å². The molecule has 0 aliphatic carbocycles. The van der Waals surface area contributed by atoms with Gasteiger partial charge in [-0.15, -0.1) is 0 Å². The van der Waals surface area contributed by atoms with Crippen LogP contribution < -0.4 is 0 Å². The van der Waals surface area contributed by atoms with E-state index in [2.05, 4.69) is 52.5 Å². The van der Waals surface area contributed by atoms with Gasteiger partial charge in [0.15, 0.2) is 5.58 Å². The lowest BCUT2D eigenvalue weighted by Crippen LogP contribution is -2.33. The van der Waals surface area contributed by atoms with Crippen molar-refractivity contribution >= 4 is 22.9 Å². The Morgan fingerprint density at radius 3 is 2.25 bits per heavy atom. The average Bonchev–Trinajstić information content (AvgIpc) is 3.22. The second kappa shape index (κ2) is 11.8. The van der Waals surface area contributed by atoms with E-state index in [0.29, 0.717) is 12.2 Å². The highest BCUT2D eigenvalue weighted by Gasteiger charge is 2.20. The summed E-state index contributed by atoms with van der Waals surface area (Å²) in [5.41, 5.74) is 3.45. The Hall–Kier alpha value is -3.45. The van der Waals surface area contributed by atoms with Gasteiger partial charge in [-0.3, -0.25) is 4.90 Å². The van der Waals surface area contributed by atoms with Crippen LogP contribution in [0.15, 0.2) is 71.3 Å². The van der Waals surface area contributed by atoms with Crippen LogP contribution in [0.3, 0.4) is 0 Å². The maximum Gasteiger partial charge on any atom is 0.328 e. The van der Waals surface area contributed by atoms with Crippen molar-refractivity contribution in [1.29, 1.82) is 0 Å². The molecular weight excluding hydrogens is 408 g/mol. The molecule has 0 atom stereocenters. The predicted molar refractivity (Wildman–Crippen MR) is 121 cm³/mol. The number of hydrogen-bond acceptors (Lipinski definition) is 5. The Morgan fingerprint density at radius 2 is 1.59 bits per heavy atom. The SMILES string of the molecule is O=C(O)/C=C\C(=O)O.c1ccc(CN2CCC(CCc3noc4ccccc34)CC2)cc1. The molecule has 7 nitrogen and oxygen atoms in total. The van der Waals surface area contributed by atoms with Crippen molar-refractivity contribution in [3.63, 3.8) is 0 Å². The fourth-order valence-corrected chi connectivity index (χ4v) is 3.88. The van der Waals surface area contributed by atoms with Crippen LogP contribution in [0, 0.1) is 5.92 Å². The van der Waals surface area contributed by atoms with E-state index in [4.69, 9.17) is 14.7 Å². The van der Waals surface area contributed by atoms with Gasteiger partial charge < -0.3 is 14.7 Å². The molecule has 2 aromatic carbocycles. The first-order valence-corrected chi connectivity index (χ1v) is 10.7. The first-order valence-electron chi connectivity index (χ1n) is 10.7. The fraction of sp³-hybridized carbons (Fsp3) is 0.320. The zero-order valence-corrected chi connectivity index (χ0v) is 17.9. The average molecular weight is 437 g/mol. The van der Waals surface area contributed by atoms with Crippen molar-refractivity contribution < 1.29 is 24.3 Å². The second-order valence-electron chi connectivity index (χ2n) is 7.88. The summed E-state index contributed by atoms with van der Waals surface area (Å²) in [5, 5.41) is 21.1. The van der Waals surface area contributed by atoms with E-state index in [0.717, 1.165) is 30.2 Å². The van der Waals surface area contributed by atoms with Gasteiger partial charge in [-0.05, 0) is 62.4 Å². The van der Waals surface area contributed by atoms with Gasteiger partial charge in [0, 0.05) is 24.1 Å². The highest BCUT2D eigenvalue weighted by atomic mass is 16.5. The Labute approximate surface area is 186 Å². The monoisotopic (exact) mass is 436 g/mol. The molecule has 1 aliphatic rings. The Kier molecular flexibility index (Phi) is 8.57. The summed E-state index contributed by atoms with van der Waals surface area (Å²) in [6.07, 6.45) is 5.95. The zero-order valence-electron chi connectivity index (χ0n) is 17.9. The lowest BCUT2D eigenvalue weighted by Gasteiger charge is -2.31. The highest BCUT2D eigenvalue weighted by Crippen LogP contribution is 2.25. The summed E-state index contributed by atoms with van der Waals surface area (Å²) >= 11 is 0. The first kappa shape index (κ1) is 23.2. The van der Waals surface area contributed by atoms with Gasteiger partial charge in [-0.1, -0.05) is 47.6 Å². The molecule has 7 heteroatoms. The lowest BCUT2D eigenvalue weighted by atomic mass is 9.91. The molecule has 1 aliphatic heterocycles. The minimum atomic E-state index is -1.26. The fourth-order valence-electron chi connectivity index (χ4n) is 3.88. The molecule has 0 saturated carbocycles. The minimum absolute atomic E-state index is 0.558. The minimum Gasteiger partial charge on any atom is -0.478 e. The van der Waals surface area contributed by atoms with E-state index in [1.807, 2.05) is 12.1 Å². The number of nitrogens with zero attached hydrogens (tertiary/aromatic N) is 2. The molecule has 1 saturated heterocycles. The molecule has 0 unspecified atom stereocenters. The number of para-hydroxylation sites is 1. The lowest BCUT2D eigenvalue weighted by molar-refractivity contribution is -0.134. The molecular formula is C25H28N2O5. The van der Waals surface area contributed by atoms with E-state index in [-0.39, 0.29) is 0 Å². The van der Waals surface area contributed by atoms with E-state index >= 15 is 0 Å². The van der Waals surface area contributed by atoms with Gasteiger partial charge in [0.25, 0.3) is 0 Å². The molecule has 2 heterocycles. The second-order valence-corrected chi connectivity index (χ2v) is 7.88. The van der Waals surface area contributed by atoms with Gasteiger partial charge in [-0.25, -0.2) is 9.59 Å². The molecule has 1 aromatic heterocycles. The van der Waals surface area contributed by atoms with Crippen molar-refractivity contribution in [3.05, 3.63) is 78.0 Å². The molecule has 0 amide bonds. The normalized spacial score (nSPS) is 14.9. The van der Waals surface area contributed by atoms with E-state index in [1.165, 1.54) is 43.3 Å². The van der Waals surface area contributed by atoms with Gasteiger partial charge in [0.05, 0.1) is 5.69 Å². The standard InChI is InChI=1S/C21H24N2O.C4H4O4/c1-2-6-18(7-3-1)16-23-14-12-17(13-15-23)10-11-20-19-8-4-5-9-21(19)24-22-20;5-3(6)1-2-4(7)8/h1-9,17H,10-16H2;1-2H,(H,5,6)(H,7,8)/b;2-1-. The Bertz CT molecular complexity index is 1020. The molecule has 0 spiro atoms. The van der Waals surface area contributed by atoms with Crippen LogP contribution in [0.25, 0.3) is 11.0 Å². The number of piperidine rings is 1. The molecule has 4 rings (SSSR count). The number of likely N-dealkylation sites (tertiary alicyclic amines) is 1. The number of hydrogen-bond donors (Lipinski definition) is 2. The number of aromatic nitrogens is 1. The number of aryl methyl sites for hydroxylation is 1.